The Bertz CT molecular complexity index is 425. The van der Waals surface area contributed by atoms with Crippen molar-refractivity contribution in [2.75, 3.05) is 6.54 Å². The lowest BCUT2D eigenvalue weighted by atomic mass is 9.68. The minimum Gasteiger partial charge on any atom is -0.330 e. The van der Waals surface area contributed by atoms with Gasteiger partial charge in [0.15, 0.2) is 0 Å². The predicted molar refractivity (Wildman–Crippen MR) is 85.6 cm³/mol. The van der Waals surface area contributed by atoms with E-state index in [2.05, 4.69) is 0 Å². The largest absolute Gasteiger partial charge is 0.330 e. The summed E-state index contributed by atoms with van der Waals surface area (Å²) in [5.74, 6) is 3.20. The highest BCUT2D eigenvalue weighted by Gasteiger charge is 2.30. The predicted octanol–water partition coefficient (Wildman–Crippen LogP) is 4.86. The average molecular weight is 289 g/mol. The Morgan fingerprint density at radius 3 is 1.86 bits per heavy atom. The van der Waals surface area contributed by atoms with Gasteiger partial charge in [0.25, 0.3) is 0 Å². The van der Waals surface area contributed by atoms with E-state index in [1.165, 1.54) is 56.9 Å². The van der Waals surface area contributed by atoms with E-state index in [4.69, 9.17) is 5.73 Å². The van der Waals surface area contributed by atoms with Gasteiger partial charge in [0, 0.05) is 0 Å². The number of rotatable bonds is 3. The van der Waals surface area contributed by atoms with E-state index in [9.17, 15) is 4.39 Å². The number of benzene rings is 1. The summed E-state index contributed by atoms with van der Waals surface area (Å²) in [6.07, 6.45) is 10.8. The molecule has 0 aliphatic heterocycles. The summed E-state index contributed by atoms with van der Waals surface area (Å²) in [4.78, 5) is 0. The van der Waals surface area contributed by atoms with Gasteiger partial charge >= 0.3 is 0 Å². The second kappa shape index (κ2) is 6.91. The summed E-state index contributed by atoms with van der Waals surface area (Å²) in [6.45, 7) is 0.879. The molecule has 116 valence electrons. The van der Waals surface area contributed by atoms with Crippen LogP contribution in [0.5, 0.6) is 0 Å². The zero-order valence-corrected chi connectivity index (χ0v) is 12.9. The molecule has 0 amide bonds. The van der Waals surface area contributed by atoms with Crippen LogP contribution < -0.4 is 5.73 Å². The van der Waals surface area contributed by atoms with Crippen molar-refractivity contribution in [2.45, 2.75) is 57.3 Å². The molecule has 2 N–H and O–H groups in total. The Hall–Kier alpha value is -0.890. The molecule has 2 fully saturated rings. The van der Waals surface area contributed by atoms with E-state index < -0.39 is 0 Å². The first-order valence-corrected chi connectivity index (χ1v) is 8.71. The van der Waals surface area contributed by atoms with E-state index in [1.54, 1.807) is 12.1 Å². The summed E-state index contributed by atoms with van der Waals surface area (Å²) < 4.78 is 13.0. The molecule has 2 aliphatic rings. The zero-order chi connectivity index (χ0) is 14.7. The molecule has 1 aromatic carbocycles. The smallest absolute Gasteiger partial charge is 0.123 e. The van der Waals surface area contributed by atoms with Gasteiger partial charge in [-0.05, 0) is 99.3 Å². The lowest BCUT2D eigenvalue weighted by Crippen LogP contribution is -2.27. The third kappa shape index (κ3) is 3.66. The molecule has 21 heavy (non-hydrogen) atoms. The van der Waals surface area contributed by atoms with Crippen molar-refractivity contribution >= 4 is 0 Å². The molecule has 0 radical (unpaired) electrons. The molecule has 0 heterocycles. The number of hydrogen-bond acceptors (Lipinski definition) is 1. The summed E-state index contributed by atoms with van der Waals surface area (Å²) in [5.41, 5.74) is 7.13. The van der Waals surface area contributed by atoms with Gasteiger partial charge in [0.1, 0.15) is 5.82 Å². The molecule has 0 spiro atoms. The summed E-state index contributed by atoms with van der Waals surface area (Å²) in [5, 5.41) is 0. The SMILES string of the molecule is NCC1CCC(C2CCC(c3ccc(F)cc3)CC2)CC1. The second-order valence-corrected chi connectivity index (χ2v) is 7.18. The average Bonchev–Trinajstić information content (AvgIpc) is 2.56. The topological polar surface area (TPSA) is 26.0 Å². The molecule has 0 atom stereocenters. The van der Waals surface area contributed by atoms with E-state index >= 15 is 0 Å². The molecule has 2 heteroatoms. The number of halogens is 1. The fourth-order valence-corrected chi connectivity index (χ4v) is 4.55. The van der Waals surface area contributed by atoms with Crippen LogP contribution in [0.25, 0.3) is 0 Å². The standard InChI is InChI=1S/C19H28FN/c20-19-11-9-18(10-12-19)17-7-5-16(6-8-17)15-3-1-14(13-21)2-4-15/h9-12,14-17H,1-8,13,21H2. The Morgan fingerprint density at radius 1 is 0.810 bits per heavy atom. The minimum atomic E-state index is -0.121. The molecule has 0 unspecified atom stereocenters. The van der Waals surface area contributed by atoms with Gasteiger partial charge in [-0.25, -0.2) is 4.39 Å². The quantitative estimate of drug-likeness (QED) is 0.844. The van der Waals surface area contributed by atoms with Crippen molar-refractivity contribution in [3.05, 3.63) is 35.6 Å². The van der Waals surface area contributed by atoms with Crippen molar-refractivity contribution < 1.29 is 4.39 Å². The Labute approximate surface area is 128 Å². The van der Waals surface area contributed by atoms with Crippen LogP contribution in [0.4, 0.5) is 4.39 Å². The highest BCUT2D eigenvalue weighted by molar-refractivity contribution is 5.20. The Balaban J connectivity index is 1.50. The first-order valence-electron chi connectivity index (χ1n) is 8.71. The maximum Gasteiger partial charge on any atom is 0.123 e. The normalized spacial score (nSPS) is 33.8. The monoisotopic (exact) mass is 289 g/mol. The van der Waals surface area contributed by atoms with Gasteiger partial charge in [-0.1, -0.05) is 12.1 Å². The van der Waals surface area contributed by atoms with Crippen LogP contribution in [0.1, 0.15) is 62.8 Å². The van der Waals surface area contributed by atoms with E-state index in [-0.39, 0.29) is 5.82 Å². The maximum atomic E-state index is 13.0. The molecule has 2 aliphatic carbocycles. The van der Waals surface area contributed by atoms with Gasteiger partial charge in [0.2, 0.25) is 0 Å². The van der Waals surface area contributed by atoms with Crippen molar-refractivity contribution in [2.24, 2.45) is 23.5 Å². The highest BCUT2D eigenvalue weighted by Crippen LogP contribution is 2.43. The van der Waals surface area contributed by atoms with Crippen molar-refractivity contribution in [1.29, 1.82) is 0 Å². The Morgan fingerprint density at radius 2 is 1.33 bits per heavy atom. The van der Waals surface area contributed by atoms with Crippen molar-refractivity contribution in [1.82, 2.24) is 0 Å². The Kier molecular flexibility index (Phi) is 4.95. The number of hydrogen-bond donors (Lipinski definition) is 1. The fraction of sp³-hybridized carbons (Fsp3) is 0.684. The molecule has 0 aromatic heterocycles. The van der Waals surface area contributed by atoms with Gasteiger partial charge in [-0.15, -0.1) is 0 Å². The van der Waals surface area contributed by atoms with E-state index in [1.807, 2.05) is 12.1 Å². The van der Waals surface area contributed by atoms with Crippen molar-refractivity contribution in [3.63, 3.8) is 0 Å². The maximum absolute atomic E-state index is 13.0. The molecule has 0 bridgehead atoms. The zero-order valence-electron chi connectivity index (χ0n) is 12.9. The van der Waals surface area contributed by atoms with E-state index in [0.717, 1.165) is 24.3 Å². The third-order valence-corrected chi connectivity index (χ3v) is 6.00. The molecular formula is C19H28FN. The highest BCUT2D eigenvalue weighted by atomic mass is 19.1. The summed E-state index contributed by atoms with van der Waals surface area (Å²) >= 11 is 0. The van der Waals surface area contributed by atoms with Gasteiger partial charge in [-0.3, -0.25) is 0 Å². The van der Waals surface area contributed by atoms with Crippen LogP contribution in [-0.2, 0) is 0 Å². The third-order valence-electron chi connectivity index (χ3n) is 6.00. The number of nitrogens with two attached hydrogens (primary N) is 1. The lowest BCUT2D eigenvalue weighted by molar-refractivity contribution is 0.162. The first-order chi connectivity index (χ1) is 10.3. The molecule has 3 rings (SSSR count). The van der Waals surface area contributed by atoms with Crippen LogP contribution in [0, 0.1) is 23.6 Å². The summed E-state index contributed by atoms with van der Waals surface area (Å²) in [7, 11) is 0. The summed E-state index contributed by atoms with van der Waals surface area (Å²) in [6, 6.07) is 7.17. The first kappa shape index (κ1) is 15.0. The van der Waals surface area contributed by atoms with Gasteiger partial charge in [-0.2, -0.15) is 0 Å². The van der Waals surface area contributed by atoms with Crippen LogP contribution in [0.2, 0.25) is 0 Å². The minimum absolute atomic E-state index is 0.121. The van der Waals surface area contributed by atoms with Crippen LogP contribution in [-0.4, -0.2) is 6.54 Å². The fourth-order valence-electron chi connectivity index (χ4n) is 4.55. The van der Waals surface area contributed by atoms with Crippen molar-refractivity contribution in [3.8, 4) is 0 Å². The molecule has 0 saturated heterocycles. The molecule has 1 aromatic rings. The van der Waals surface area contributed by atoms with Crippen LogP contribution >= 0.6 is 0 Å². The molecule has 1 nitrogen and oxygen atoms in total. The van der Waals surface area contributed by atoms with Gasteiger partial charge in [0.05, 0.1) is 0 Å². The molecule has 2 saturated carbocycles. The van der Waals surface area contributed by atoms with Crippen LogP contribution in [0.3, 0.4) is 0 Å². The van der Waals surface area contributed by atoms with Crippen LogP contribution in [0.15, 0.2) is 24.3 Å². The lowest BCUT2D eigenvalue weighted by Gasteiger charge is -2.37. The van der Waals surface area contributed by atoms with E-state index in [0.29, 0.717) is 5.92 Å². The second-order valence-electron chi connectivity index (χ2n) is 7.18. The van der Waals surface area contributed by atoms with Gasteiger partial charge < -0.3 is 5.73 Å². The molecular weight excluding hydrogens is 261 g/mol.